The van der Waals surface area contributed by atoms with E-state index < -0.39 is 17.8 Å². The lowest BCUT2D eigenvalue weighted by Gasteiger charge is -2.27. The molecule has 4 amide bonds. The first kappa shape index (κ1) is 27.4. The Morgan fingerprint density at radius 2 is 1.68 bits per heavy atom. The minimum atomic E-state index is -0.814. The Labute approximate surface area is 234 Å². The molecule has 1 aliphatic rings. The molecule has 0 bridgehead atoms. The summed E-state index contributed by atoms with van der Waals surface area (Å²) < 4.78 is 12.6. The van der Waals surface area contributed by atoms with Crippen molar-refractivity contribution in [3.05, 3.63) is 91.4 Å². The molecule has 0 unspecified atom stereocenters. The van der Waals surface area contributed by atoms with E-state index in [-0.39, 0.29) is 17.2 Å². The molecular formula is C29H26BrClN2O5. The summed E-state index contributed by atoms with van der Waals surface area (Å²) in [5.41, 5.74) is 4.53. The largest absolute Gasteiger partial charge is 0.490 e. The van der Waals surface area contributed by atoms with Crippen LogP contribution in [0.2, 0.25) is 5.02 Å². The van der Waals surface area contributed by atoms with E-state index in [4.69, 9.17) is 21.1 Å². The van der Waals surface area contributed by atoms with Crippen molar-refractivity contribution < 1.29 is 23.9 Å². The van der Waals surface area contributed by atoms with Gasteiger partial charge < -0.3 is 9.47 Å². The fourth-order valence-electron chi connectivity index (χ4n) is 4.29. The molecule has 1 heterocycles. The Bertz CT molecular complexity index is 1460. The van der Waals surface area contributed by atoms with E-state index in [1.165, 1.54) is 6.08 Å². The number of carbonyl (C=O) groups excluding carboxylic acids is 3. The van der Waals surface area contributed by atoms with Crippen LogP contribution in [0.15, 0.2) is 58.6 Å². The molecule has 0 saturated carbocycles. The number of ether oxygens (including phenoxy) is 2. The maximum atomic E-state index is 13.3. The molecule has 0 aliphatic carbocycles. The Hall–Kier alpha value is -3.62. The molecule has 3 aromatic carbocycles. The maximum Gasteiger partial charge on any atom is 0.335 e. The topological polar surface area (TPSA) is 84.9 Å². The number of benzene rings is 3. The van der Waals surface area contributed by atoms with Crippen LogP contribution in [0, 0.1) is 20.8 Å². The minimum Gasteiger partial charge on any atom is -0.490 e. The predicted molar refractivity (Wildman–Crippen MR) is 151 cm³/mol. The fourth-order valence-corrected chi connectivity index (χ4v) is 5.04. The van der Waals surface area contributed by atoms with Crippen molar-refractivity contribution in [1.82, 2.24) is 5.32 Å². The van der Waals surface area contributed by atoms with Crippen LogP contribution in [-0.2, 0) is 16.2 Å². The summed E-state index contributed by atoms with van der Waals surface area (Å²) in [6, 6.07) is 13.7. The lowest BCUT2D eigenvalue weighted by molar-refractivity contribution is -0.122. The summed E-state index contributed by atoms with van der Waals surface area (Å²) >= 11 is 9.96. The third kappa shape index (κ3) is 5.92. The first-order chi connectivity index (χ1) is 18.1. The lowest BCUT2D eigenvalue weighted by atomic mass is 10.1. The summed E-state index contributed by atoms with van der Waals surface area (Å²) in [6.45, 7) is 8.27. The second-order valence-corrected chi connectivity index (χ2v) is 10.3. The summed E-state index contributed by atoms with van der Waals surface area (Å²) in [4.78, 5) is 39.6. The Balaban J connectivity index is 1.67. The van der Waals surface area contributed by atoms with Crippen LogP contribution in [-0.4, -0.2) is 24.5 Å². The number of hydrogen-bond donors (Lipinski definition) is 1. The van der Waals surface area contributed by atoms with Crippen molar-refractivity contribution in [1.29, 1.82) is 0 Å². The number of nitrogens with one attached hydrogen (secondary N) is 1. The molecule has 7 nitrogen and oxygen atoms in total. The highest BCUT2D eigenvalue weighted by Crippen LogP contribution is 2.38. The monoisotopic (exact) mass is 596 g/mol. The lowest BCUT2D eigenvalue weighted by Crippen LogP contribution is -2.54. The zero-order valence-electron chi connectivity index (χ0n) is 21.4. The number of amides is 4. The first-order valence-electron chi connectivity index (χ1n) is 11.9. The highest BCUT2D eigenvalue weighted by molar-refractivity contribution is 9.10. The first-order valence-corrected chi connectivity index (χ1v) is 13.1. The van der Waals surface area contributed by atoms with Gasteiger partial charge in [0.1, 0.15) is 12.2 Å². The SMILES string of the molecule is CCOc1cc(/C=C2/C(=O)NC(=O)N(c3ccc(Br)cc3C)C2=O)cc(Cl)c1OCc1cc(C)cc(C)c1. The minimum absolute atomic E-state index is 0.214. The highest BCUT2D eigenvalue weighted by Gasteiger charge is 2.37. The Kier molecular flexibility index (Phi) is 8.23. The van der Waals surface area contributed by atoms with Gasteiger partial charge in [0.25, 0.3) is 11.8 Å². The van der Waals surface area contributed by atoms with E-state index in [0.717, 1.165) is 26.1 Å². The summed E-state index contributed by atoms with van der Waals surface area (Å²) in [6.07, 6.45) is 1.38. The molecule has 1 aliphatic heterocycles. The highest BCUT2D eigenvalue weighted by atomic mass is 79.9. The van der Waals surface area contributed by atoms with E-state index in [0.29, 0.717) is 34.9 Å². The van der Waals surface area contributed by atoms with E-state index >= 15 is 0 Å². The smallest absolute Gasteiger partial charge is 0.335 e. The van der Waals surface area contributed by atoms with Crippen LogP contribution in [0.4, 0.5) is 10.5 Å². The molecular weight excluding hydrogens is 572 g/mol. The van der Waals surface area contributed by atoms with Crippen LogP contribution in [0.5, 0.6) is 11.5 Å². The molecule has 0 radical (unpaired) electrons. The Morgan fingerprint density at radius 1 is 0.974 bits per heavy atom. The number of nitrogens with zero attached hydrogens (tertiary/aromatic N) is 1. The summed E-state index contributed by atoms with van der Waals surface area (Å²) in [7, 11) is 0. The second kappa shape index (κ2) is 11.4. The average Bonchev–Trinajstić information content (AvgIpc) is 2.82. The molecule has 9 heteroatoms. The number of imide groups is 2. The summed E-state index contributed by atoms with van der Waals surface area (Å²) in [5, 5.41) is 2.50. The van der Waals surface area contributed by atoms with Crippen LogP contribution in [0.3, 0.4) is 0 Å². The van der Waals surface area contributed by atoms with Gasteiger partial charge in [0.15, 0.2) is 11.5 Å². The van der Waals surface area contributed by atoms with E-state index in [1.54, 1.807) is 37.3 Å². The van der Waals surface area contributed by atoms with Gasteiger partial charge in [0, 0.05) is 4.47 Å². The third-order valence-corrected chi connectivity index (χ3v) is 6.58. The molecule has 0 atom stereocenters. The number of rotatable bonds is 7. The average molecular weight is 598 g/mol. The maximum absolute atomic E-state index is 13.3. The molecule has 0 spiro atoms. The standard InChI is InChI=1S/C29H26BrClN2O5/c1-5-37-25-14-19(13-23(31)26(25)38-15-20-9-16(2)8-17(3)10-20)12-22-27(34)32-29(36)33(28(22)35)24-7-6-21(30)11-18(24)4/h6-14H,5,15H2,1-4H3,(H,32,34,36)/b22-12-. The molecule has 196 valence electrons. The van der Waals surface area contributed by atoms with Crippen molar-refractivity contribution in [2.75, 3.05) is 11.5 Å². The number of barbiturate groups is 1. The van der Waals surface area contributed by atoms with Crippen molar-refractivity contribution in [2.45, 2.75) is 34.3 Å². The summed E-state index contributed by atoms with van der Waals surface area (Å²) in [5.74, 6) is -0.809. The third-order valence-electron chi connectivity index (χ3n) is 5.81. The number of hydrogen-bond acceptors (Lipinski definition) is 5. The van der Waals surface area contributed by atoms with Gasteiger partial charge in [-0.15, -0.1) is 0 Å². The van der Waals surface area contributed by atoms with Gasteiger partial charge >= 0.3 is 6.03 Å². The number of carbonyl (C=O) groups is 3. The zero-order chi connectivity index (χ0) is 27.6. The van der Waals surface area contributed by atoms with E-state index in [9.17, 15) is 14.4 Å². The van der Waals surface area contributed by atoms with E-state index in [1.807, 2.05) is 32.9 Å². The van der Waals surface area contributed by atoms with Crippen LogP contribution in [0.25, 0.3) is 6.08 Å². The van der Waals surface area contributed by atoms with Gasteiger partial charge in [-0.3, -0.25) is 14.9 Å². The van der Waals surface area contributed by atoms with Crippen LogP contribution in [0.1, 0.15) is 34.7 Å². The normalized spacial score (nSPS) is 14.6. The molecule has 38 heavy (non-hydrogen) atoms. The van der Waals surface area contributed by atoms with Crippen molar-refractivity contribution in [3.63, 3.8) is 0 Å². The van der Waals surface area contributed by atoms with Gasteiger partial charge in [-0.05, 0) is 80.8 Å². The van der Waals surface area contributed by atoms with Gasteiger partial charge in [-0.1, -0.05) is 56.9 Å². The second-order valence-electron chi connectivity index (χ2n) is 8.94. The number of halogens is 2. The molecule has 1 fully saturated rings. The molecule has 0 aromatic heterocycles. The van der Waals surface area contributed by atoms with Gasteiger partial charge in [0.05, 0.1) is 17.3 Å². The fraction of sp³-hybridized carbons (Fsp3) is 0.207. The van der Waals surface area contributed by atoms with Crippen LogP contribution >= 0.6 is 27.5 Å². The number of aryl methyl sites for hydroxylation is 3. The molecule has 1 N–H and O–H groups in total. The van der Waals surface area contributed by atoms with Gasteiger partial charge in [-0.25, -0.2) is 9.69 Å². The van der Waals surface area contributed by atoms with Gasteiger partial charge in [0.2, 0.25) is 0 Å². The van der Waals surface area contributed by atoms with E-state index in [2.05, 4.69) is 27.3 Å². The van der Waals surface area contributed by atoms with Crippen molar-refractivity contribution >= 4 is 57.1 Å². The molecule has 1 saturated heterocycles. The number of urea groups is 1. The quantitative estimate of drug-likeness (QED) is 0.243. The molecule has 3 aromatic rings. The van der Waals surface area contributed by atoms with Crippen molar-refractivity contribution in [2.24, 2.45) is 0 Å². The van der Waals surface area contributed by atoms with Gasteiger partial charge in [-0.2, -0.15) is 0 Å². The van der Waals surface area contributed by atoms with Crippen LogP contribution < -0.4 is 19.7 Å². The number of anilines is 1. The Morgan fingerprint density at radius 3 is 2.34 bits per heavy atom. The zero-order valence-corrected chi connectivity index (χ0v) is 23.7. The van der Waals surface area contributed by atoms with Crippen molar-refractivity contribution in [3.8, 4) is 11.5 Å². The predicted octanol–water partition coefficient (Wildman–Crippen LogP) is 6.67. The molecule has 4 rings (SSSR count).